The molecule has 2 aromatic heterocycles. The molecule has 5 nitrogen and oxygen atoms in total. The van der Waals surface area contributed by atoms with Crippen LogP contribution in [0.25, 0.3) is 20.8 Å². The molecule has 0 aliphatic rings. The van der Waals surface area contributed by atoms with Gasteiger partial charge in [0.15, 0.2) is 10.6 Å². The molecule has 0 spiro atoms. The SMILES string of the molecule is CCn1c(-c2sc3cc(OC)ccc3c2OC(C)C)n[nH]c1=S. The first kappa shape index (κ1) is 16.0. The van der Waals surface area contributed by atoms with E-state index < -0.39 is 0 Å². The molecule has 3 aromatic rings. The van der Waals surface area contributed by atoms with Crippen molar-refractivity contribution < 1.29 is 9.47 Å². The number of nitrogens with zero attached hydrogens (tertiary/aromatic N) is 2. The van der Waals surface area contributed by atoms with Gasteiger partial charge in [0.05, 0.1) is 13.2 Å². The maximum atomic E-state index is 6.10. The summed E-state index contributed by atoms with van der Waals surface area (Å²) in [4.78, 5) is 0.983. The maximum absolute atomic E-state index is 6.10. The highest BCUT2D eigenvalue weighted by Crippen LogP contribution is 2.45. The highest BCUT2D eigenvalue weighted by molar-refractivity contribution is 7.71. The summed E-state index contributed by atoms with van der Waals surface area (Å²) in [6, 6.07) is 6.00. The lowest BCUT2D eigenvalue weighted by atomic mass is 10.2. The summed E-state index contributed by atoms with van der Waals surface area (Å²) in [7, 11) is 1.67. The molecule has 0 atom stereocenters. The first-order valence-electron chi connectivity index (χ1n) is 7.48. The lowest BCUT2D eigenvalue weighted by Crippen LogP contribution is -2.06. The second kappa shape index (κ2) is 6.33. The number of aromatic amines is 1. The lowest BCUT2D eigenvalue weighted by Gasteiger charge is -2.11. The number of rotatable bonds is 5. The molecule has 0 amide bonds. The topological polar surface area (TPSA) is 52.1 Å². The predicted octanol–water partition coefficient (Wildman–Crippen LogP) is 4.64. The van der Waals surface area contributed by atoms with Crippen LogP contribution in [-0.4, -0.2) is 28.0 Å². The van der Waals surface area contributed by atoms with Crippen LogP contribution < -0.4 is 9.47 Å². The standard InChI is InChI=1S/C16H19N3O2S2/c1-5-19-15(17-18-16(19)22)14-13(21-9(2)3)11-7-6-10(20-4)8-12(11)23-14/h6-9H,5H2,1-4H3,(H,18,22). The van der Waals surface area contributed by atoms with Crippen LogP contribution in [-0.2, 0) is 6.54 Å². The molecule has 0 saturated heterocycles. The van der Waals surface area contributed by atoms with Gasteiger partial charge in [-0.15, -0.1) is 11.3 Å². The van der Waals surface area contributed by atoms with Gasteiger partial charge in [-0.1, -0.05) is 0 Å². The van der Waals surface area contributed by atoms with E-state index in [0.717, 1.165) is 38.8 Å². The fourth-order valence-corrected chi connectivity index (χ4v) is 3.89. The Kier molecular flexibility index (Phi) is 4.41. The highest BCUT2D eigenvalue weighted by atomic mass is 32.1. The number of nitrogens with one attached hydrogen (secondary N) is 1. The van der Waals surface area contributed by atoms with Gasteiger partial charge in [0.2, 0.25) is 0 Å². The van der Waals surface area contributed by atoms with Gasteiger partial charge in [0.25, 0.3) is 0 Å². The first-order chi connectivity index (χ1) is 11.0. The van der Waals surface area contributed by atoms with E-state index in [1.807, 2.05) is 43.5 Å². The molecule has 7 heteroatoms. The van der Waals surface area contributed by atoms with Crippen LogP contribution >= 0.6 is 23.6 Å². The summed E-state index contributed by atoms with van der Waals surface area (Å²) in [5.41, 5.74) is 0. The molecule has 0 radical (unpaired) electrons. The lowest BCUT2D eigenvalue weighted by molar-refractivity contribution is 0.247. The number of H-pyrrole nitrogens is 1. The number of aromatic nitrogens is 3. The van der Waals surface area contributed by atoms with Gasteiger partial charge in [0.1, 0.15) is 16.4 Å². The summed E-state index contributed by atoms with van der Waals surface area (Å²) < 4.78 is 15.1. The Morgan fingerprint density at radius 1 is 1.39 bits per heavy atom. The molecule has 1 N–H and O–H groups in total. The summed E-state index contributed by atoms with van der Waals surface area (Å²) in [5, 5.41) is 8.35. The van der Waals surface area contributed by atoms with E-state index in [4.69, 9.17) is 21.7 Å². The van der Waals surface area contributed by atoms with E-state index in [2.05, 4.69) is 10.2 Å². The quantitative estimate of drug-likeness (QED) is 0.682. The Balaban J connectivity index is 2.27. The van der Waals surface area contributed by atoms with Crippen molar-refractivity contribution in [2.45, 2.75) is 33.4 Å². The van der Waals surface area contributed by atoms with Crippen LogP contribution in [0.2, 0.25) is 0 Å². The monoisotopic (exact) mass is 349 g/mol. The van der Waals surface area contributed by atoms with E-state index >= 15 is 0 Å². The summed E-state index contributed by atoms with van der Waals surface area (Å²) in [5.74, 6) is 2.50. The normalized spacial score (nSPS) is 11.3. The average molecular weight is 349 g/mol. The number of fused-ring (bicyclic) bond motifs is 1. The summed E-state index contributed by atoms with van der Waals surface area (Å²) >= 11 is 6.95. The van der Waals surface area contributed by atoms with Gasteiger partial charge in [-0.3, -0.25) is 9.67 Å². The largest absolute Gasteiger partial charge is 0.497 e. The summed E-state index contributed by atoms with van der Waals surface area (Å²) in [6.07, 6.45) is 0.0747. The third-order valence-corrected chi connectivity index (χ3v) is 4.92. The Hall–Kier alpha value is -1.86. The molecular formula is C16H19N3O2S2. The Morgan fingerprint density at radius 3 is 2.83 bits per heavy atom. The van der Waals surface area contributed by atoms with Crippen LogP contribution in [0, 0.1) is 4.77 Å². The van der Waals surface area contributed by atoms with Crippen molar-refractivity contribution in [2.24, 2.45) is 0 Å². The van der Waals surface area contributed by atoms with Crippen molar-refractivity contribution in [3.8, 4) is 22.2 Å². The molecule has 3 rings (SSSR count). The Morgan fingerprint density at radius 2 is 2.17 bits per heavy atom. The molecule has 122 valence electrons. The smallest absolute Gasteiger partial charge is 0.195 e. The molecule has 2 heterocycles. The van der Waals surface area contributed by atoms with Gasteiger partial charge < -0.3 is 9.47 Å². The summed E-state index contributed by atoms with van der Waals surface area (Å²) in [6.45, 7) is 6.85. The molecule has 23 heavy (non-hydrogen) atoms. The zero-order valence-electron chi connectivity index (χ0n) is 13.5. The van der Waals surface area contributed by atoms with Crippen molar-refractivity contribution >= 4 is 33.6 Å². The van der Waals surface area contributed by atoms with E-state index in [9.17, 15) is 0 Å². The fraction of sp³-hybridized carbons (Fsp3) is 0.375. The molecule has 0 aliphatic carbocycles. The first-order valence-corrected chi connectivity index (χ1v) is 8.70. The molecule has 0 fully saturated rings. The minimum Gasteiger partial charge on any atom is -0.497 e. The number of hydrogen-bond acceptors (Lipinski definition) is 5. The zero-order chi connectivity index (χ0) is 16.6. The van der Waals surface area contributed by atoms with Gasteiger partial charge >= 0.3 is 0 Å². The van der Waals surface area contributed by atoms with Crippen molar-refractivity contribution in [3.63, 3.8) is 0 Å². The predicted molar refractivity (Wildman–Crippen MR) is 96.2 cm³/mol. The van der Waals surface area contributed by atoms with Crippen molar-refractivity contribution in [1.82, 2.24) is 14.8 Å². The molecule has 0 aliphatic heterocycles. The second-order valence-electron chi connectivity index (χ2n) is 5.39. The maximum Gasteiger partial charge on any atom is 0.195 e. The number of thiophene rings is 1. The van der Waals surface area contributed by atoms with Gasteiger partial charge in [-0.25, -0.2) is 0 Å². The van der Waals surface area contributed by atoms with Crippen molar-refractivity contribution in [2.75, 3.05) is 7.11 Å². The minimum absolute atomic E-state index is 0.0747. The fourth-order valence-electron chi connectivity index (χ4n) is 2.46. The van der Waals surface area contributed by atoms with Gasteiger partial charge in [-0.05, 0) is 51.2 Å². The third kappa shape index (κ3) is 2.86. The number of hydrogen-bond donors (Lipinski definition) is 1. The molecule has 0 bridgehead atoms. The minimum atomic E-state index is 0.0747. The molecular weight excluding hydrogens is 330 g/mol. The van der Waals surface area contributed by atoms with Crippen molar-refractivity contribution in [3.05, 3.63) is 23.0 Å². The number of ether oxygens (including phenoxy) is 2. The number of methoxy groups -OCH3 is 1. The molecule has 0 unspecified atom stereocenters. The van der Waals surface area contributed by atoms with E-state index in [1.54, 1.807) is 18.4 Å². The Bertz CT molecular complexity index is 892. The Labute approximate surface area is 143 Å². The van der Waals surface area contributed by atoms with Crippen LogP contribution in [0.1, 0.15) is 20.8 Å². The average Bonchev–Trinajstić information content (AvgIpc) is 3.06. The van der Waals surface area contributed by atoms with Gasteiger partial charge in [-0.2, -0.15) is 5.10 Å². The van der Waals surface area contributed by atoms with Crippen LogP contribution in [0.3, 0.4) is 0 Å². The zero-order valence-corrected chi connectivity index (χ0v) is 15.2. The number of benzene rings is 1. The van der Waals surface area contributed by atoms with E-state index in [-0.39, 0.29) is 6.10 Å². The second-order valence-corrected chi connectivity index (χ2v) is 6.82. The van der Waals surface area contributed by atoms with Crippen LogP contribution in [0.15, 0.2) is 18.2 Å². The molecule has 0 saturated carbocycles. The highest BCUT2D eigenvalue weighted by Gasteiger charge is 2.21. The van der Waals surface area contributed by atoms with Gasteiger partial charge in [0, 0.05) is 16.6 Å². The van der Waals surface area contributed by atoms with E-state index in [1.165, 1.54) is 0 Å². The third-order valence-electron chi connectivity index (χ3n) is 3.48. The van der Waals surface area contributed by atoms with E-state index in [0.29, 0.717) is 4.77 Å². The van der Waals surface area contributed by atoms with Crippen LogP contribution in [0.4, 0.5) is 0 Å². The van der Waals surface area contributed by atoms with Crippen molar-refractivity contribution in [1.29, 1.82) is 0 Å². The van der Waals surface area contributed by atoms with Crippen LogP contribution in [0.5, 0.6) is 11.5 Å². The molecule has 1 aromatic carbocycles.